The number of aryl methyl sites for hydroxylation is 1. The predicted molar refractivity (Wildman–Crippen MR) is 82.0 cm³/mol. The molecule has 1 aromatic heterocycles. The fourth-order valence-electron chi connectivity index (χ4n) is 1.95. The Labute approximate surface area is 125 Å². The summed E-state index contributed by atoms with van der Waals surface area (Å²) in [5.41, 5.74) is 8.38. The number of hydrogen-bond acceptors (Lipinski definition) is 4. The summed E-state index contributed by atoms with van der Waals surface area (Å²) in [4.78, 5) is 2.09. The van der Waals surface area contributed by atoms with Gasteiger partial charge in [-0.3, -0.25) is 4.68 Å². The molecule has 0 saturated heterocycles. The minimum Gasteiger partial charge on any atom is -0.409 e. The lowest BCUT2D eigenvalue weighted by Crippen LogP contribution is -2.18. The van der Waals surface area contributed by atoms with E-state index in [0.29, 0.717) is 5.56 Å². The van der Waals surface area contributed by atoms with Crippen molar-refractivity contribution in [2.24, 2.45) is 17.9 Å². The zero-order valence-corrected chi connectivity index (χ0v) is 12.9. The topological polar surface area (TPSA) is 79.7 Å². The van der Waals surface area contributed by atoms with Crippen molar-refractivity contribution in [3.05, 3.63) is 46.2 Å². The molecule has 106 valence electrons. The number of anilines is 1. The Kier molecular flexibility index (Phi) is 4.29. The van der Waals surface area contributed by atoms with Gasteiger partial charge < -0.3 is 15.8 Å². The molecule has 1 heterocycles. The predicted octanol–water partition coefficient (Wildman–Crippen LogP) is 1.91. The van der Waals surface area contributed by atoms with E-state index in [1.165, 1.54) is 0 Å². The molecule has 0 aliphatic rings. The Morgan fingerprint density at radius 2 is 2.30 bits per heavy atom. The Balaban J connectivity index is 2.20. The number of rotatable bonds is 4. The van der Waals surface area contributed by atoms with Gasteiger partial charge in [-0.1, -0.05) is 5.16 Å². The molecule has 1 aromatic carbocycles. The van der Waals surface area contributed by atoms with Crippen LogP contribution in [-0.4, -0.2) is 27.9 Å². The van der Waals surface area contributed by atoms with Crippen LogP contribution in [0.2, 0.25) is 0 Å². The Hall–Kier alpha value is -2.02. The number of nitrogens with zero attached hydrogens (tertiary/aromatic N) is 4. The average molecular weight is 338 g/mol. The lowest BCUT2D eigenvalue weighted by Gasteiger charge is -2.20. The summed E-state index contributed by atoms with van der Waals surface area (Å²) in [6, 6.07) is 5.56. The first-order chi connectivity index (χ1) is 9.51. The number of amidine groups is 1. The first-order valence-corrected chi connectivity index (χ1v) is 6.76. The lowest BCUT2D eigenvalue weighted by atomic mass is 10.2. The van der Waals surface area contributed by atoms with E-state index in [-0.39, 0.29) is 5.84 Å². The van der Waals surface area contributed by atoms with Crippen molar-refractivity contribution in [1.82, 2.24) is 9.78 Å². The summed E-state index contributed by atoms with van der Waals surface area (Å²) in [6.07, 6.45) is 3.82. The molecule has 20 heavy (non-hydrogen) atoms. The number of oxime groups is 1. The minimum absolute atomic E-state index is 0.0900. The summed E-state index contributed by atoms with van der Waals surface area (Å²) in [7, 11) is 3.89. The number of hydrogen-bond donors (Lipinski definition) is 2. The van der Waals surface area contributed by atoms with Crippen LogP contribution in [0.25, 0.3) is 0 Å². The van der Waals surface area contributed by atoms with E-state index in [1.807, 2.05) is 44.7 Å². The Bertz CT molecular complexity index is 637. The first kappa shape index (κ1) is 14.4. The lowest BCUT2D eigenvalue weighted by molar-refractivity contribution is 0.318. The maximum atomic E-state index is 8.68. The zero-order chi connectivity index (χ0) is 14.7. The Morgan fingerprint density at radius 3 is 2.85 bits per heavy atom. The van der Waals surface area contributed by atoms with Crippen LogP contribution in [0.3, 0.4) is 0 Å². The summed E-state index contributed by atoms with van der Waals surface area (Å²) >= 11 is 3.51. The third-order valence-electron chi connectivity index (χ3n) is 2.94. The molecule has 0 bridgehead atoms. The molecule has 3 N–H and O–H groups in total. The fourth-order valence-corrected chi connectivity index (χ4v) is 2.63. The molecule has 0 fully saturated rings. The van der Waals surface area contributed by atoms with Gasteiger partial charge in [-0.15, -0.1) is 0 Å². The van der Waals surface area contributed by atoms with Crippen molar-refractivity contribution in [3.63, 3.8) is 0 Å². The molecule has 0 aliphatic heterocycles. The molecule has 0 radical (unpaired) electrons. The molecule has 0 unspecified atom stereocenters. The summed E-state index contributed by atoms with van der Waals surface area (Å²) in [5, 5.41) is 15.8. The van der Waals surface area contributed by atoms with Crippen molar-refractivity contribution < 1.29 is 5.21 Å². The maximum Gasteiger partial charge on any atom is 0.170 e. The maximum absolute atomic E-state index is 8.68. The van der Waals surface area contributed by atoms with E-state index in [9.17, 15) is 0 Å². The second kappa shape index (κ2) is 5.96. The van der Waals surface area contributed by atoms with Gasteiger partial charge in [0.05, 0.1) is 11.9 Å². The fraction of sp³-hybridized carbons (Fsp3) is 0.231. The molecule has 7 heteroatoms. The molecular formula is C13H16BrN5O. The highest BCUT2D eigenvalue weighted by molar-refractivity contribution is 9.10. The van der Waals surface area contributed by atoms with E-state index in [4.69, 9.17) is 10.9 Å². The third-order valence-corrected chi connectivity index (χ3v) is 3.58. The minimum atomic E-state index is 0.0900. The van der Waals surface area contributed by atoms with Crippen LogP contribution >= 0.6 is 15.9 Å². The van der Waals surface area contributed by atoms with Crippen molar-refractivity contribution in [2.75, 3.05) is 11.9 Å². The van der Waals surface area contributed by atoms with Crippen LogP contribution in [0.5, 0.6) is 0 Å². The molecule has 0 aliphatic carbocycles. The second-order valence-corrected chi connectivity index (χ2v) is 5.38. The monoisotopic (exact) mass is 337 g/mol. The highest BCUT2D eigenvalue weighted by Crippen LogP contribution is 2.27. The molecule has 0 amide bonds. The zero-order valence-electron chi connectivity index (χ0n) is 11.3. The van der Waals surface area contributed by atoms with Gasteiger partial charge >= 0.3 is 0 Å². The molecule has 0 saturated carbocycles. The van der Waals surface area contributed by atoms with Crippen LogP contribution in [-0.2, 0) is 13.6 Å². The van der Waals surface area contributed by atoms with Crippen molar-refractivity contribution in [1.29, 1.82) is 0 Å². The summed E-state index contributed by atoms with van der Waals surface area (Å²) in [6.45, 7) is 0.745. The van der Waals surface area contributed by atoms with Gasteiger partial charge in [0.25, 0.3) is 0 Å². The molecule has 0 atom stereocenters. The van der Waals surface area contributed by atoms with Crippen LogP contribution in [0.1, 0.15) is 11.1 Å². The molecule has 0 spiro atoms. The van der Waals surface area contributed by atoms with Gasteiger partial charge in [-0.05, 0) is 34.1 Å². The van der Waals surface area contributed by atoms with E-state index in [2.05, 4.69) is 31.1 Å². The van der Waals surface area contributed by atoms with Crippen LogP contribution in [0.15, 0.2) is 40.2 Å². The van der Waals surface area contributed by atoms with Gasteiger partial charge in [0.2, 0.25) is 0 Å². The molecular weight excluding hydrogens is 322 g/mol. The summed E-state index contributed by atoms with van der Waals surface area (Å²) < 4.78 is 2.66. The van der Waals surface area contributed by atoms with Gasteiger partial charge in [-0.2, -0.15) is 5.10 Å². The van der Waals surface area contributed by atoms with Crippen molar-refractivity contribution in [3.8, 4) is 0 Å². The number of nitrogens with two attached hydrogens (primary N) is 1. The van der Waals surface area contributed by atoms with Crippen LogP contribution in [0, 0.1) is 0 Å². The molecule has 2 rings (SSSR count). The number of aromatic nitrogens is 2. The van der Waals surface area contributed by atoms with Gasteiger partial charge in [-0.25, -0.2) is 0 Å². The summed E-state index contributed by atoms with van der Waals surface area (Å²) in [5.74, 6) is 0.0900. The average Bonchev–Trinajstić information content (AvgIpc) is 2.82. The van der Waals surface area contributed by atoms with Gasteiger partial charge in [0.1, 0.15) is 0 Å². The van der Waals surface area contributed by atoms with E-state index in [1.54, 1.807) is 4.68 Å². The van der Waals surface area contributed by atoms with Crippen molar-refractivity contribution in [2.45, 2.75) is 6.54 Å². The number of halogens is 1. The second-order valence-electron chi connectivity index (χ2n) is 4.53. The standard InChI is InChI=1S/C13H16BrN5O/c1-18(7-9-6-16-19(2)8-9)12-4-3-10(5-11(12)14)13(15)17-20/h3-6,8,20H,7H2,1-2H3,(H2,15,17). The smallest absolute Gasteiger partial charge is 0.170 e. The normalized spacial score (nSPS) is 11.7. The molecule has 2 aromatic rings. The Morgan fingerprint density at radius 1 is 1.55 bits per heavy atom. The number of benzene rings is 1. The van der Waals surface area contributed by atoms with Gasteiger partial charge in [0, 0.05) is 42.4 Å². The van der Waals surface area contributed by atoms with Crippen LogP contribution in [0.4, 0.5) is 5.69 Å². The van der Waals surface area contributed by atoms with Crippen LogP contribution < -0.4 is 10.6 Å². The van der Waals surface area contributed by atoms with Crippen molar-refractivity contribution >= 4 is 27.5 Å². The van der Waals surface area contributed by atoms with E-state index < -0.39 is 0 Å². The first-order valence-electron chi connectivity index (χ1n) is 5.97. The SMILES string of the molecule is CN(Cc1cnn(C)c1)c1ccc(/C(N)=N/O)cc1Br. The largest absolute Gasteiger partial charge is 0.409 e. The highest BCUT2D eigenvalue weighted by atomic mass is 79.9. The highest BCUT2D eigenvalue weighted by Gasteiger charge is 2.09. The van der Waals surface area contributed by atoms with E-state index in [0.717, 1.165) is 22.3 Å². The molecule has 6 nitrogen and oxygen atoms in total. The quantitative estimate of drug-likeness (QED) is 0.386. The van der Waals surface area contributed by atoms with E-state index >= 15 is 0 Å². The third kappa shape index (κ3) is 3.11. The van der Waals surface area contributed by atoms with Gasteiger partial charge in [0.15, 0.2) is 5.84 Å².